The Morgan fingerprint density at radius 2 is 2.00 bits per heavy atom. The van der Waals surface area contributed by atoms with Crippen LogP contribution >= 0.6 is 0 Å². The summed E-state index contributed by atoms with van der Waals surface area (Å²) in [7, 11) is 5.79. The summed E-state index contributed by atoms with van der Waals surface area (Å²) < 4.78 is 3.18. The van der Waals surface area contributed by atoms with Gasteiger partial charge in [-0.3, -0.25) is 4.57 Å². The van der Waals surface area contributed by atoms with Crippen LogP contribution in [0.25, 0.3) is 11.3 Å². The molecule has 0 unspecified atom stereocenters. The average molecular weight is 439 g/mol. The first-order chi connectivity index (χ1) is 15.1. The normalized spacial score (nSPS) is 11.3. The lowest BCUT2D eigenvalue weighted by Gasteiger charge is -2.18. The van der Waals surface area contributed by atoms with E-state index in [1.54, 1.807) is 17.8 Å². The fourth-order valence-corrected chi connectivity index (χ4v) is 3.08. The zero-order chi connectivity index (χ0) is 23.7. The molecule has 0 amide bonds. The zero-order valence-corrected chi connectivity index (χ0v) is 20.2. The molecule has 0 aliphatic rings. The quantitative estimate of drug-likeness (QED) is 0.638. The van der Waals surface area contributed by atoms with E-state index in [1.165, 1.54) is 10.9 Å². The standard InChI is InChI=1S/C25H36N6O.H2/c1-25(2,3)11-14-31-13-7-8-23(28-19-30(6)24(31)32)22-16-20(9-10-21(22)17-26)18-27-12-15-29(4)5;/h7-10,13,16,19,27H,11-12,14-15,18H2,1-6H3;1H. The Labute approximate surface area is 193 Å². The highest BCUT2D eigenvalue weighted by molar-refractivity contribution is 5.67. The minimum atomic E-state index is -0.136. The van der Waals surface area contributed by atoms with Gasteiger partial charge in [0.2, 0.25) is 0 Å². The summed E-state index contributed by atoms with van der Waals surface area (Å²) in [4.78, 5) is 19.5. The van der Waals surface area contributed by atoms with Gasteiger partial charge in [-0.25, -0.2) is 9.78 Å². The summed E-state index contributed by atoms with van der Waals surface area (Å²) in [6.45, 7) is 9.64. The molecule has 7 heteroatoms. The first-order valence-electron chi connectivity index (χ1n) is 11.0. The molecule has 0 spiro atoms. The van der Waals surface area contributed by atoms with E-state index in [-0.39, 0.29) is 12.5 Å². The molecule has 0 saturated heterocycles. The monoisotopic (exact) mass is 438 g/mol. The van der Waals surface area contributed by atoms with Gasteiger partial charge >= 0.3 is 5.69 Å². The molecule has 7 nitrogen and oxygen atoms in total. The molecule has 1 heterocycles. The smallest absolute Gasteiger partial charge is 0.311 e. The summed E-state index contributed by atoms with van der Waals surface area (Å²) in [5, 5.41) is 13.1. The molecule has 174 valence electrons. The van der Waals surface area contributed by atoms with Crippen LogP contribution in [0.2, 0.25) is 0 Å². The van der Waals surface area contributed by atoms with Crippen molar-refractivity contribution in [3.63, 3.8) is 0 Å². The second-order valence-corrected chi connectivity index (χ2v) is 9.51. The van der Waals surface area contributed by atoms with E-state index in [2.05, 4.69) is 42.0 Å². The van der Waals surface area contributed by atoms with Crippen molar-refractivity contribution in [1.29, 1.82) is 5.26 Å². The lowest BCUT2D eigenvalue weighted by molar-refractivity contribution is 0.345. The van der Waals surface area contributed by atoms with Gasteiger partial charge in [0.1, 0.15) is 0 Å². The number of rotatable bonds is 8. The summed E-state index contributed by atoms with van der Waals surface area (Å²) in [5.41, 5.74) is 3.02. The van der Waals surface area contributed by atoms with Gasteiger partial charge in [-0.2, -0.15) is 5.26 Å². The fraction of sp³-hybridized carbons (Fsp3) is 0.480. The van der Waals surface area contributed by atoms with E-state index in [1.807, 2.05) is 44.4 Å². The van der Waals surface area contributed by atoms with Crippen molar-refractivity contribution in [1.82, 2.24) is 24.3 Å². The highest BCUT2D eigenvalue weighted by Gasteiger charge is 2.11. The molecular weight excluding hydrogens is 400 g/mol. The number of benzene rings is 1. The molecule has 0 aliphatic carbocycles. The van der Waals surface area contributed by atoms with Gasteiger partial charge in [-0.15, -0.1) is 0 Å². The van der Waals surface area contributed by atoms with Crippen LogP contribution in [0.3, 0.4) is 0 Å². The van der Waals surface area contributed by atoms with Crippen LogP contribution in [0, 0.1) is 16.7 Å². The van der Waals surface area contributed by atoms with Gasteiger partial charge in [0.05, 0.1) is 23.7 Å². The van der Waals surface area contributed by atoms with E-state index < -0.39 is 0 Å². The van der Waals surface area contributed by atoms with Crippen molar-refractivity contribution in [2.24, 2.45) is 12.5 Å². The van der Waals surface area contributed by atoms with Crippen molar-refractivity contribution < 1.29 is 1.43 Å². The van der Waals surface area contributed by atoms with Crippen molar-refractivity contribution in [2.45, 2.75) is 40.3 Å². The number of hydrogen-bond donors (Lipinski definition) is 1. The molecule has 1 aromatic carbocycles. The second-order valence-electron chi connectivity index (χ2n) is 9.51. The van der Waals surface area contributed by atoms with Crippen LogP contribution in [-0.2, 0) is 20.1 Å². The van der Waals surface area contributed by atoms with Crippen molar-refractivity contribution in [3.05, 3.63) is 64.5 Å². The largest absolute Gasteiger partial charge is 0.328 e. The Morgan fingerprint density at radius 1 is 1.25 bits per heavy atom. The van der Waals surface area contributed by atoms with Gasteiger partial charge in [-0.05, 0) is 55.8 Å². The van der Waals surface area contributed by atoms with Crippen LogP contribution in [0.4, 0.5) is 0 Å². The number of aromatic nitrogens is 3. The van der Waals surface area contributed by atoms with E-state index >= 15 is 0 Å². The Balaban J connectivity index is 0.00000544. The first kappa shape index (κ1) is 25.3. The summed E-state index contributed by atoms with van der Waals surface area (Å²) in [6.07, 6.45) is 4.19. The zero-order valence-electron chi connectivity index (χ0n) is 20.2. The van der Waals surface area contributed by atoms with Gasteiger partial charge in [0.15, 0.2) is 0 Å². The minimum Gasteiger partial charge on any atom is -0.311 e. The second kappa shape index (κ2) is 11.6. The topological polar surface area (TPSA) is 78.9 Å². The third-order valence-electron chi connectivity index (χ3n) is 5.09. The molecule has 2 rings (SSSR count). The van der Waals surface area contributed by atoms with Gasteiger partial charge in [-0.1, -0.05) is 26.8 Å². The SMILES string of the molecule is CN(C)CCNCc1ccc(C#N)c(-c2cccn(CCC(C)(C)C)c(=O)n(C)cn2)c1.[HH]. The van der Waals surface area contributed by atoms with Crippen molar-refractivity contribution in [2.75, 3.05) is 27.2 Å². The number of aryl methyl sites for hydroxylation is 2. The third kappa shape index (κ3) is 7.95. The molecule has 0 radical (unpaired) electrons. The Kier molecular flexibility index (Phi) is 9.18. The molecule has 32 heavy (non-hydrogen) atoms. The molecule has 0 aliphatic heterocycles. The Hall–Kier alpha value is -2.95. The Bertz CT molecular complexity index is 1060. The highest BCUT2D eigenvalue weighted by Crippen LogP contribution is 2.22. The highest BCUT2D eigenvalue weighted by atomic mass is 16.1. The maximum atomic E-state index is 12.8. The van der Waals surface area contributed by atoms with E-state index in [0.717, 1.165) is 30.6 Å². The van der Waals surface area contributed by atoms with Crippen molar-refractivity contribution >= 4 is 0 Å². The molecule has 0 fully saturated rings. The lowest BCUT2D eigenvalue weighted by atomic mass is 9.92. The van der Waals surface area contributed by atoms with Crippen molar-refractivity contribution in [3.8, 4) is 17.3 Å². The van der Waals surface area contributed by atoms with Crippen LogP contribution < -0.4 is 11.0 Å². The predicted molar refractivity (Wildman–Crippen MR) is 132 cm³/mol. The third-order valence-corrected chi connectivity index (χ3v) is 5.09. The summed E-state index contributed by atoms with van der Waals surface area (Å²) in [5.74, 6) is 0. The van der Waals surface area contributed by atoms with Crippen LogP contribution in [0.5, 0.6) is 0 Å². The predicted octanol–water partition coefficient (Wildman–Crippen LogP) is 3.58. The maximum Gasteiger partial charge on any atom is 0.328 e. The van der Waals surface area contributed by atoms with E-state index in [0.29, 0.717) is 24.3 Å². The van der Waals surface area contributed by atoms with Gasteiger partial charge < -0.3 is 14.8 Å². The minimum absolute atomic E-state index is 0. The van der Waals surface area contributed by atoms with Crippen LogP contribution in [-0.4, -0.2) is 46.2 Å². The van der Waals surface area contributed by atoms with Crippen LogP contribution in [0.1, 0.15) is 39.7 Å². The summed E-state index contributed by atoms with van der Waals surface area (Å²) in [6, 6.07) is 11.7. The molecule has 0 atom stereocenters. The fourth-order valence-electron chi connectivity index (χ4n) is 3.08. The number of nitrogens with zero attached hydrogens (tertiary/aromatic N) is 5. The lowest BCUT2D eigenvalue weighted by Crippen LogP contribution is -2.27. The molecule has 0 saturated carbocycles. The number of nitrogens with one attached hydrogen (secondary N) is 1. The van der Waals surface area contributed by atoms with Crippen LogP contribution in [0.15, 0.2) is 47.7 Å². The maximum absolute atomic E-state index is 12.8. The van der Waals surface area contributed by atoms with E-state index in [4.69, 9.17) is 0 Å². The van der Waals surface area contributed by atoms with Gasteiger partial charge in [0.25, 0.3) is 0 Å². The molecule has 2 aromatic rings. The Morgan fingerprint density at radius 3 is 2.66 bits per heavy atom. The molecule has 1 N–H and O–H groups in total. The molecule has 0 bridgehead atoms. The number of likely N-dealkylation sites (N-methyl/N-ethyl adjacent to an activating group) is 1. The summed E-state index contributed by atoms with van der Waals surface area (Å²) >= 11 is 0. The molecular formula is C25H38N6O. The van der Waals surface area contributed by atoms with Gasteiger partial charge in [0, 0.05) is 46.4 Å². The number of hydrogen-bond acceptors (Lipinski definition) is 5. The molecule has 1 aromatic heterocycles. The average Bonchev–Trinajstić information content (AvgIpc) is 2.80. The van der Waals surface area contributed by atoms with E-state index in [9.17, 15) is 10.1 Å². The first-order valence-corrected chi connectivity index (χ1v) is 11.0. The number of nitriles is 1.